The van der Waals surface area contributed by atoms with Gasteiger partial charge in [0, 0.05) is 12.1 Å². The number of hydrogen-bond donors (Lipinski definition) is 1. The van der Waals surface area contributed by atoms with E-state index in [0.29, 0.717) is 23.1 Å². The Morgan fingerprint density at radius 1 is 1.07 bits per heavy atom. The molecular formula is C22H25N3O2. The molecule has 140 valence electrons. The fraction of sp³-hybridized carbons (Fsp3) is 0.318. The molecule has 0 aliphatic rings. The van der Waals surface area contributed by atoms with E-state index in [2.05, 4.69) is 43.2 Å². The Kier molecular flexibility index (Phi) is 5.13. The Morgan fingerprint density at radius 3 is 2.41 bits per heavy atom. The van der Waals surface area contributed by atoms with E-state index in [9.17, 15) is 9.59 Å². The molecule has 0 unspecified atom stereocenters. The molecule has 0 radical (unpaired) electrons. The van der Waals surface area contributed by atoms with Crippen molar-refractivity contribution in [1.82, 2.24) is 14.9 Å². The molecule has 27 heavy (non-hydrogen) atoms. The van der Waals surface area contributed by atoms with E-state index >= 15 is 0 Å². The van der Waals surface area contributed by atoms with Gasteiger partial charge in [-0.25, -0.2) is 4.98 Å². The maximum Gasteiger partial charge on any atom is 0.240 e. The molecule has 1 aromatic heterocycles. The maximum atomic E-state index is 12.4. The smallest absolute Gasteiger partial charge is 0.240 e. The molecule has 5 nitrogen and oxygen atoms in total. The van der Waals surface area contributed by atoms with Crippen molar-refractivity contribution in [3.8, 4) is 0 Å². The molecule has 0 spiro atoms. The van der Waals surface area contributed by atoms with E-state index in [-0.39, 0.29) is 23.7 Å². The van der Waals surface area contributed by atoms with Gasteiger partial charge in [-0.2, -0.15) is 0 Å². The van der Waals surface area contributed by atoms with Crippen LogP contribution in [-0.4, -0.2) is 21.2 Å². The summed E-state index contributed by atoms with van der Waals surface area (Å²) >= 11 is 0. The molecule has 0 aliphatic heterocycles. The largest absolute Gasteiger partial charge is 0.350 e. The summed E-state index contributed by atoms with van der Waals surface area (Å²) in [6.45, 7) is 8.64. The first kappa shape index (κ1) is 18.8. The SMILES string of the molecule is CC(=O)c1cccc2ncn(CC(=O)NCc3ccc(C(C)(C)C)cc3)c12. The van der Waals surface area contributed by atoms with Crippen LogP contribution >= 0.6 is 0 Å². The Labute approximate surface area is 159 Å². The lowest BCUT2D eigenvalue weighted by Gasteiger charge is -2.19. The molecular weight excluding hydrogens is 338 g/mol. The van der Waals surface area contributed by atoms with Gasteiger partial charge in [0.2, 0.25) is 5.91 Å². The molecule has 0 aliphatic carbocycles. The van der Waals surface area contributed by atoms with Gasteiger partial charge in [-0.15, -0.1) is 0 Å². The van der Waals surface area contributed by atoms with E-state index in [1.54, 1.807) is 23.0 Å². The molecule has 1 amide bonds. The minimum atomic E-state index is -0.118. The number of imidazole rings is 1. The number of fused-ring (bicyclic) bond motifs is 1. The van der Waals surface area contributed by atoms with Crippen LogP contribution in [0, 0.1) is 0 Å². The quantitative estimate of drug-likeness (QED) is 0.700. The Bertz CT molecular complexity index is 979. The van der Waals surface area contributed by atoms with Gasteiger partial charge < -0.3 is 9.88 Å². The number of amides is 1. The summed E-state index contributed by atoms with van der Waals surface area (Å²) in [4.78, 5) is 28.5. The summed E-state index contributed by atoms with van der Waals surface area (Å²) in [5, 5.41) is 2.94. The van der Waals surface area contributed by atoms with Crippen LogP contribution in [0.5, 0.6) is 0 Å². The Balaban J connectivity index is 1.68. The number of benzene rings is 2. The van der Waals surface area contributed by atoms with E-state index in [1.165, 1.54) is 12.5 Å². The molecule has 5 heteroatoms. The number of para-hydroxylation sites is 1. The molecule has 0 saturated heterocycles. The molecule has 0 bridgehead atoms. The fourth-order valence-corrected chi connectivity index (χ4v) is 3.06. The highest BCUT2D eigenvalue weighted by Gasteiger charge is 2.14. The van der Waals surface area contributed by atoms with Gasteiger partial charge in [-0.05, 0) is 35.6 Å². The van der Waals surface area contributed by atoms with Gasteiger partial charge in [0.1, 0.15) is 6.54 Å². The minimum Gasteiger partial charge on any atom is -0.350 e. The number of nitrogens with one attached hydrogen (secondary N) is 1. The normalized spacial score (nSPS) is 11.6. The second kappa shape index (κ2) is 7.35. The number of hydrogen-bond acceptors (Lipinski definition) is 3. The van der Waals surface area contributed by atoms with Crippen molar-refractivity contribution >= 4 is 22.7 Å². The highest BCUT2D eigenvalue weighted by molar-refractivity contribution is 6.05. The molecule has 1 N–H and O–H groups in total. The molecule has 0 atom stereocenters. The first-order chi connectivity index (χ1) is 12.8. The van der Waals surface area contributed by atoms with Crippen molar-refractivity contribution in [1.29, 1.82) is 0 Å². The Morgan fingerprint density at radius 2 is 1.78 bits per heavy atom. The molecule has 0 saturated carbocycles. The van der Waals surface area contributed by atoms with E-state index in [1.807, 2.05) is 18.2 Å². The van der Waals surface area contributed by atoms with Gasteiger partial charge in [-0.3, -0.25) is 9.59 Å². The zero-order valence-electron chi connectivity index (χ0n) is 16.2. The lowest BCUT2D eigenvalue weighted by Crippen LogP contribution is -2.27. The van der Waals surface area contributed by atoms with Crippen LogP contribution in [0.1, 0.15) is 49.2 Å². The third kappa shape index (κ3) is 4.25. The van der Waals surface area contributed by atoms with Crippen LogP contribution < -0.4 is 5.32 Å². The summed E-state index contributed by atoms with van der Waals surface area (Å²) in [6.07, 6.45) is 1.61. The standard InChI is InChI=1S/C22H25N3O2/c1-15(26)18-6-5-7-19-21(18)25(14-24-19)13-20(27)23-12-16-8-10-17(11-9-16)22(2,3)4/h5-11,14H,12-13H2,1-4H3,(H,23,27). The highest BCUT2D eigenvalue weighted by atomic mass is 16.2. The zero-order chi connectivity index (χ0) is 19.6. The molecule has 2 aromatic carbocycles. The second-order valence-electron chi connectivity index (χ2n) is 7.83. The van der Waals surface area contributed by atoms with E-state index < -0.39 is 0 Å². The molecule has 1 heterocycles. The number of nitrogens with zero attached hydrogens (tertiary/aromatic N) is 2. The zero-order valence-corrected chi connectivity index (χ0v) is 16.2. The van der Waals surface area contributed by atoms with Crippen molar-refractivity contribution in [3.05, 3.63) is 65.5 Å². The van der Waals surface area contributed by atoms with Crippen molar-refractivity contribution in [2.45, 2.75) is 46.2 Å². The fourth-order valence-electron chi connectivity index (χ4n) is 3.06. The van der Waals surface area contributed by atoms with Gasteiger partial charge in [-0.1, -0.05) is 51.1 Å². The number of Topliss-reactive ketones (excluding diaryl/α,β-unsaturated/α-hetero) is 1. The molecule has 3 aromatic rings. The first-order valence-corrected chi connectivity index (χ1v) is 9.06. The third-order valence-electron chi connectivity index (χ3n) is 4.64. The summed E-state index contributed by atoms with van der Waals surface area (Å²) < 4.78 is 1.73. The average Bonchev–Trinajstić information content (AvgIpc) is 3.02. The lowest BCUT2D eigenvalue weighted by atomic mass is 9.87. The minimum absolute atomic E-state index is 0.0401. The van der Waals surface area contributed by atoms with Crippen molar-refractivity contribution in [2.24, 2.45) is 0 Å². The van der Waals surface area contributed by atoms with Crippen LogP contribution in [0.25, 0.3) is 11.0 Å². The van der Waals surface area contributed by atoms with Crippen LogP contribution in [0.4, 0.5) is 0 Å². The number of ketones is 1. The van der Waals surface area contributed by atoms with E-state index in [4.69, 9.17) is 0 Å². The van der Waals surface area contributed by atoms with Crippen molar-refractivity contribution < 1.29 is 9.59 Å². The van der Waals surface area contributed by atoms with Crippen molar-refractivity contribution in [2.75, 3.05) is 0 Å². The number of carbonyl (C=O) groups excluding carboxylic acids is 2. The van der Waals surface area contributed by atoms with Crippen LogP contribution in [-0.2, 0) is 23.3 Å². The molecule has 0 fully saturated rings. The topological polar surface area (TPSA) is 64.0 Å². The summed E-state index contributed by atoms with van der Waals surface area (Å²) in [5.41, 5.74) is 4.42. The van der Waals surface area contributed by atoms with Crippen LogP contribution in [0.2, 0.25) is 0 Å². The predicted molar refractivity (Wildman–Crippen MR) is 107 cm³/mol. The maximum absolute atomic E-state index is 12.4. The van der Waals surface area contributed by atoms with Crippen LogP contribution in [0.15, 0.2) is 48.8 Å². The summed E-state index contributed by atoms with van der Waals surface area (Å²) in [5.74, 6) is -0.158. The first-order valence-electron chi connectivity index (χ1n) is 9.06. The Hall–Kier alpha value is -2.95. The van der Waals surface area contributed by atoms with Gasteiger partial charge in [0.05, 0.1) is 17.4 Å². The van der Waals surface area contributed by atoms with Crippen molar-refractivity contribution in [3.63, 3.8) is 0 Å². The van der Waals surface area contributed by atoms with Gasteiger partial charge >= 0.3 is 0 Å². The van der Waals surface area contributed by atoms with Crippen LogP contribution in [0.3, 0.4) is 0 Å². The summed E-state index contributed by atoms with van der Waals surface area (Å²) in [7, 11) is 0. The number of rotatable bonds is 5. The number of aromatic nitrogens is 2. The third-order valence-corrected chi connectivity index (χ3v) is 4.64. The monoisotopic (exact) mass is 363 g/mol. The number of carbonyl (C=O) groups is 2. The molecule has 3 rings (SSSR count). The summed E-state index contributed by atoms with van der Waals surface area (Å²) in [6, 6.07) is 13.7. The second-order valence-corrected chi connectivity index (χ2v) is 7.83. The predicted octanol–water partition coefficient (Wildman–Crippen LogP) is 3.85. The van der Waals surface area contributed by atoms with Gasteiger partial charge in [0.25, 0.3) is 0 Å². The van der Waals surface area contributed by atoms with Gasteiger partial charge in [0.15, 0.2) is 5.78 Å². The average molecular weight is 363 g/mol. The lowest BCUT2D eigenvalue weighted by molar-refractivity contribution is -0.121. The van der Waals surface area contributed by atoms with E-state index in [0.717, 1.165) is 5.56 Å². The highest BCUT2D eigenvalue weighted by Crippen LogP contribution is 2.22.